The van der Waals surface area contributed by atoms with Gasteiger partial charge in [-0.3, -0.25) is 9.78 Å². The van der Waals surface area contributed by atoms with Gasteiger partial charge < -0.3 is 15.2 Å². The van der Waals surface area contributed by atoms with Crippen molar-refractivity contribution in [1.29, 1.82) is 0 Å². The van der Waals surface area contributed by atoms with E-state index >= 15 is 0 Å². The molecule has 1 aliphatic heterocycles. The molecule has 1 aromatic heterocycles. The minimum atomic E-state index is -0.824. The van der Waals surface area contributed by atoms with Gasteiger partial charge in [0, 0.05) is 17.4 Å². The lowest BCUT2D eigenvalue weighted by Gasteiger charge is -2.24. The van der Waals surface area contributed by atoms with E-state index in [0.29, 0.717) is 22.5 Å². The quantitative estimate of drug-likeness (QED) is 0.385. The van der Waals surface area contributed by atoms with Crippen LogP contribution in [0.25, 0.3) is 17.2 Å². The second-order valence-corrected chi connectivity index (χ2v) is 8.71. The van der Waals surface area contributed by atoms with Crippen LogP contribution in [-0.4, -0.2) is 22.1 Å². The van der Waals surface area contributed by atoms with Gasteiger partial charge in [0.05, 0.1) is 11.3 Å². The number of aliphatic hydroxyl groups excluding tert-OH is 1. The predicted octanol–water partition coefficient (Wildman–Crippen LogP) is 5.94. The number of rotatable bonds is 5. The van der Waals surface area contributed by atoms with Crippen LogP contribution in [0.1, 0.15) is 35.4 Å². The molecule has 0 saturated heterocycles. The average Bonchev–Trinajstić information content (AvgIpc) is 2.89. The zero-order valence-electron chi connectivity index (χ0n) is 19.6. The van der Waals surface area contributed by atoms with E-state index in [9.17, 15) is 9.90 Å². The van der Waals surface area contributed by atoms with Gasteiger partial charge in [0.1, 0.15) is 18.0 Å². The van der Waals surface area contributed by atoms with Crippen molar-refractivity contribution in [3.05, 3.63) is 119 Å². The molecule has 4 aromatic rings. The number of anilines is 1. The highest BCUT2D eigenvalue weighted by Crippen LogP contribution is 2.34. The molecule has 0 spiro atoms. The Labute approximate surface area is 204 Å². The zero-order chi connectivity index (χ0) is 24.4. The van der Waals surface area contributed by atoms with Crippen molar-refractivity contribution in [1.82, 2.24) is 4.98 Å². The smallest absolute Gasteiger partial charge is 0.255 e. The number of hydrogen-bond donors (Lipinski definition) is 2. The van der Waals surface area contributed by atoms with Gasteiger partial charge in [-0.1, -0.05) is 54.1 Å². The number of ether oxygens (including phenoxy) is 1. The first kappa shape index (κ1) is 22.6. The van der Waals surface area contributed by atoms with E-state index in [2.05, 4.69) is 41.5 Å². The fraction of sp³-hybridized carbons (Fsp3) is 0.133. The first-order chi connectivity index (χ1) is 17.0. The van der Waals surface area contributed by atoms with Crippen LogP contribution in [0.2, 0.25) is 0 Å². The first-order valence-electron chi connectivity index (χ1n) is 11.6. The lowest BCUT2D eigenvalue weighted by atomic mass is 9.97. The average molecular weight is 463 g/mol. The highest BCUT2D eigenvalue weighted by molar-refractivity contribution is 6.08. The molecule has 0 aliphatic carbocycles. The molecule has 3 aromatic carbocycles. The van der Waals surface area contributed by atoms with Crippen LogP contribution in [0.15, 0.2) is 96.7 Å². The molecule has 35 heavy (non-hydrogen) atoms. The Morgan fingerprint density at radius 1 is 0.971 bits per heavy atom. The molecule has 0 bridgehead atoms. The number of aliphatic hydroxyl groups is 1. The summed E-state index contributed by atoms with van der Waals surface area (Å²) in [5.41, 5.74) is 6.74. The molecule has 2 heterocycles. The van der Waals surface area contributed by atoms with E-state index in [4.69, 9.17) is 4.74 Å². The number of carbonyl (C=O) groups is 1. The second kappa shape index (κ2) is 9.57. The monoisotopic (exact) mass is 462 g/mol. The molecule has 2 N–H and O–H groups in total. The van der Waals surface area contributed by atoms with Gasteiger partial charge in [-0.25, -0.2) is 0 Å². The standard InChI is InChI=1S/C30H26N2O3/c1-19-6-8-21(9-7-19)23-12-15-28-24(17-23)18-26(20(2)35-28)30(34)32-25-13-10-22(11-14-25)29(33)27-5-3-4-16-31-27/h3-18,20,29,33H,1-2H3,(H,32,34). The summed E-state index contributed by atoms with van der Waals surface area (Å²) in [5.74, 6) is 0.541. The number of nitrogens with zero attached hydrogens (tertiary/aromatic N) is 1. The van der Waals surface area contributed by atoms with Crippen molar-refractivity contribution in [3.63, 3.8) is 0 Å². The van der Waals surface area contributed by atoms with Crippen LogP contribution >= 0.6 is 0 Å². The van der Waals surface area contributed by atoms with Crippen LogP contribution in [0.4, 0.5) is 5.69 Å². The molecule has 0 fully saturated rings. The van der Waals surface area contributed by atoms with Gasteiger partial charge >= 0.3 is 0 Å². The van der Waals surface area contributed by atoms with Crippen molar-refractivity contribution in [3.8, 4) is 16.9 Å². The summed E-state index contributed by atoms with van der Waals surface area (Å²) in [4.78, 5) is 17.3. The topological polar surface area (TPSA) is 71.5 Å². The van der Waals surface area contributed by atoms with Crippen molar-refractivity contribution in [2.75, 3.05) is 5.32 Å². The van der Waals surface area contributed by atoms with Crippen LogP contribution in [0.5, 0.6) is 5.75 Å². The number of carbonyl (C=O) groups excluding carboxylic acids is 1. The van der Waals surface area contributed by atoms with Crippen LogP contribution in [0, 0.1) is 6.92 Å². The maximum atomic E-state index is 13.1. The number of nitrogens with one attached hydrogen (secondary N) is 1. The molecule has 1 amide bonds. The van der Waals surface area contributed by atoms with Crippen molar-refractivity contribution >= 4 is 17.7 Å². The molecule has 0 saturated carbocycles. The SMILES string of the molecule is Cc1ccc(-c2ccc3c(c2)C=C(C(=O)Nc2ccc(C(O)c4ccccn4)cc2)C(C)O3)cc1. The normalized spacial score (nSPS) is 15.4. The summed E-state index contributed by atoms with van der Waals surface area (Å²) in [6.07, 6.45) is 2.35. The van der Waals surface area contributed by atoms with Gasteiger partial charge in [-0.15, -0.1) is 0 Å². The number of pyridine rings is 1. The highest BCUT2D eigenvalue weighted by atomic mass is 16.5. The maximum Gasteiger partial charge on any atom is 0.255 e. The summed E-state index contributed by atoms with van der Waals surface area (Å²) < 4.78 is 6.04. The van der Waals surface area contributed by atoms with Gasteiger partial charge in [0.25, 0.3) is 5.91 Å². The van der Waals surface area contributed by atoms with E-state index in [1.54, 1.807) is 42.6 Å². The third-order valence-electron chi connectivity index (χ3n) is 6.16. The maximum absolute atomic E-state index is 13.1. The third kappa shape index (κ3) is 4.86. The predicted molar refractivity (Wildman–Crippen MR) is 138 cm³/mol. The number of amides is 1. The molecule has 5 rings (SSSR count). The first-order valence-corrected chi connectivity index (χ1v) is 11.6. The van der Waals surface area contributed by atoms with E-state index in [-0.39, 0.29) is 12.0 Å². The third-order valence-corrected chi connectivity index (χ3v) is 6.16. The fourth-order valence-corrected chi connectivity index (χ4v) is 4.14. The Balaban J connectivity index is 1.34. The van der Waals surface area contributed by atoms with E-state index < -0.39 is 6.10 Å². The van der Waals surface area contributed by atoms with E-state index in [1.165, 1.54) is 5.56 Å². The molecule has 2 atom stereocenters. The van der Waals surface area contributed by atoms with Crippen LogP contribution in [-0.2, 0) is 4.79 Å². The molecule has 5 heteroatoms. The minimum Gasteiger partial charge on any atom is -0.485 e. The van der Waals surface area contributed by atoms with Gasteiger partial charge in [0.2, 0.25) is 0 Å². The molecule has 5 nitrogen and oxygen atoms in total. The zero-order valence-corrected chi connectivity index (χ0v) is 19.6. The molecule has 1 aliphatic rings. The fourth-order valence-electron chi connectivity index (χ4n) is 4.14. The number of hydrogen-bond acceptors (Lipinski definition) is 4. The molecular formula is C30H26N2O3. The molecule has 2 unspecified atom stereocenters. The lowest BCUT2D eigenvalue weighted by molar-refractivity contribution is -0.113. The Hall–Kier alpha value is -4.22. The second-order valence-electron chi connectivity index (χ2n) is 8.71. The Bertz CT molecular complexity index is 1380. The summed E-state index contributed by atoms with van der Waals surface area (Å²) in [6.45, 7) is 3.93. The summed E-state index contributed by atoms with van der Waals surface area (Å²) in [6, 6.07) is 26.9. The van der Waals surface area contributed by atoms with Crippen molar-refractivity contribution < 1.29 is 14.6 Å². The van der Waals surface area contributed by atoms with E-state index in [0.717, 1.165) is 22.4 Å². The summed E-state index contributed by atoms with van der Waals surface area (Å²) in [7, 11) is 0. The molecule has 174 valence electrons. The van der Waals surface area contributed by atoms with Crippen molar-refractivity contribution in [2.45, 2.75) is 26.1 Å². The number of fused-ring (bicyclic) bond motifs is 1. The number of benzene rings is 3. The summed E-state index contributed by atoms with van der Waals surface area (Å²) >= 11 is 0. The molecule has 0 radical (unpaired) electrons. The Morgan fingerprint density at radius 2 is 1.71 bits per heavy atom. The number of aromatic nitrogens is 1. The lowest BCUT2D eigenvalue weighted by Crippen LogP contribution is -2.28. The van der Waals surface area contributed by atoms with E-state index in [1.807, 2.05) is 37.3 Å². The van der Waals surface area contributed by atoms with Crippen LogP contribution < -0.4 is 10.1 Å². The largest absolute Gasteiger partial charge is 0.485 e. The van der Waals surface area contributed by atoms with Gasteiger partial charge in [0.15, 0.2) is 0 Å². The Morgan fingerprint density at radius 3 is 2.43 bits per heavy atom. The summed E-state index contributed by atoms with van der Waals surface area (Å²) in [5, 5.41) is 13.5. The Kier molecular flexibility index (Phi) is 6.17. The minimum absolute atomic E-state index is 0.220. The number of aryl methyl sites for hydroxylation is 1. The van der Waals surface area contributed by atoms with Gasteiger partial charge in [-0.2, -0.15) is 0 Å². The van der Waals surface area contributed by atoms with Crippen molar-refractivity contribution in [2.24, 2.45) is 0 Å². The highest BCUT2D eigenvalue weighted by Gasteiger charge is 2.25. The van der Waals surface area contributed by atoms with Crippen LogP contribution in [0.3, 0.4) is 0 Å². The molecular weight excluding hydrogens is 436 g/mol. The van der Waals surface area contributed by atoms with Gasteiger partial charge in [-0.05, 0) is 73.0 Å².